The number of anilines is 1. The number of benzene rings is 1. The minimum atomic E-state index is -1.09. The van der Waals surface area contributed by atoms with E-state index in [1.807, 2.05) is 17.0 Å². The third kappa shape index (κ3) is 2.32. The van der Waals surface area contributed by atoms with Gasteiger partial charge in [0, 0.05) is 19.2 Å². The van der Waals surface area contributed by atoms with Gasteiger partial charge in [0.25, 0.3) is 0 Å². The van der Waals surface area contributed by atoms with Crippen molar-refractivity contribution in [2.45, 2.75) is 13.0 Å². The molecule has 1 aliphatic heterocycles. The first-order chi connectivity index (χ1) is 9.65. The van der Waals surface area contributed by atoms with Crippen molar-refractivity contribution in [2.24, 2.45) is 0 Å². The average molecular weight is 290 g/mol. The normalized spacial score (nSPS) is 13.9. The Bertz CT molecular complexity index is 675. The van der Waals surface area contributed by atoms with Crippen molar-refractivity contribution >= 4 is 23.4 Å². The van der Waals surface area contributed by atoms with Gasteiger partial charge in [0.2, 0.25) is 0 Å². The maximum Gasteiger partial charge on any atom is 0.339 e. The molecule has 1 N–H and O–H groups in total. The summed E-state index contributed by atoms with van der Waals surface area (Å²) in [4.78, 5) is 13.1. The van der Waals surface area contributed by atoms with E-state index in [0.717, 1.165) is 13.0 Å². The van der Waals surface area contributed by atoms with Gasteiger partial charge in [-0.1, -0.05) is 35.9 Å². The van der Waals surface area contributed by atoms with Gasteiger partial charge >= 0.3 is 5.97 Å². The van der Waals surface area contributed by atoms with Crippen LogP contribution in [0.25, 0.3) is 0 Å². The predicted molar refractivity (Wildman–Crippen MR) is 75.2 cm³/mol. The average Bonchev–Trinajstić information content (AvgIpc) is 2.47. The highest BCUT2D eigenvalue weighted by Crippen LogP contribution is 2.24. The van der Waals surface area contributed by atoms with E-state index in [2.05, 4.69) is 22.3 Å². The van der Waals surface area contributed by atoms with Crippen LogP contribution >= 0.6 is 11.6 Å². The number of rotatable bonds is 2. The Morgan fingerprint density at radius 1 is 1.25 bits per heavy atom. The molecule has 2 heterocycles. The zero-order valence-corrected chi connectivity index (χ0v) is 11.3. The summed E-state index contributed by atoms with van der Waals surface area (Å²) in [6.45, 7) is 1.48. The minimum absolute atomic E-state index is 0.0180. The summed E-state index contributed by atoms with van der Waals surface area (Å²) in [6.07, 6.45) is 0.906. The number of hydrogen-bond acceptors (Lipinski definition) is 4. The molecule has 0 saturated carbocycles. The predicted octanol–water partition coefficient (Wildman–Crippen LogP) is 2.39. The van der Waals surface area contributed by atoms with E-state index in [1.54, 1.807) is 0 Å². The lowest BCUT2D eigenvalue weighted by atomic mass is 10.00. The third-order valence-electron chi connectivity index (χ3n) is 3.42. The summed E-state index contributed by atoms with van der Waals surface area (Å²) in [7, 11) is 0. The monoisotopic (exact) mass is 289 g/mol. The second kappa shape index (κ2) is 5.09. The van der Waals surface area contributed by atoms with Gasteiger partial charge in [0.05, 0.1) is 0 Å². The fraction of sp³-hybridized carbons (Fsp3) is 0.214. The van der Waals surface area contributed by atoms with Crippen molar-refractivity contribution in [3.63, 3.8) is 0 Å². The van der Waals surface area contributed by atoms with Gasteiger partial charge in [-0.05, 0) is 17.5 Å². The SMILES string of the molecule is O=C(O)c1cc(N2CCc3ccccc3C2)nnc1Cl. The molecule has 20 heavy (non-hydrogen) atoms. The molecule has 0 radical (unpaired) electrons. The zero-order valence-electron chi connectivity index (χ0n) is 10.6. The number of hydrogen-bond donors (Lipinski definition) is 1. The lowest BCUT2D eigenvalue weighted by Gasteiger charge is -2.29. The summed E-state index contributed by atoms with van der Waals surface area (Å²) in [5.74, 6) is -0.551. The summed E-state index contributed by atoms with van der Waals surface area (Å²) >= 11 is 5.74. The van der Waals surface area contributed by atoms with Gasteiger partial charge in [0.15, 0.2) is 11.0 Å². The standard InChI is InChI=1S/C14H12ClN3O2/c15-13-11(14(19)20)7-12(16-17-13)18-6-5-9-3-1-2-4-10(9)8-18/h1-4,7H,5-6,8H2,(H,19,20). The van der Waals surface area contributed by atoms with Crippen LogP contribution in [0.2, 0.25) is 5.15 Å². The van der Waals surface area contributed by atoms with Crippen LogP contribution in [0.4, 0.5) is 5.82 Å². The van der Waals surface area contributed by atoms with Crippen molar-refractivity contribution < 1.29 is 9.90 Å². The molecule has 0 atom stereocenters. The van der Waals surface area contributed by atoms with Crippen LogP contribution in [0.15, 0.2) is 30.3 Å². The van der Waals surface area contributed by atoms with E-state index in [0.29, 0.717) is 12.4 Å². The molecule has 0 amide bonds. The highest BCUT2D eigenvalue weighted by Gasteiger charge is 2.20. The second-order valence-electron chi connectivity index (χ2n) is 4.65. The van der Waals surface area contributed by atoms with Crippen LogP contribution in [0.3, 0.4) is 0 Å². The Morgan fingerprint density at radius 3 is 2.75 bits per heavy atom. The first-order valence-corrected chi connectivity index (χ1v) is 6.61. The molecule has 6 heteroatoms. The molecule has 5 nitrogen and oxygen atoms in total. The van der Waals surface area contributed by atoms with Gasteiger partial charge in [0.1, 0.15) is 5.56 Å². The molecule has 2 aromatic rings. The lowest BCUT2D eigenvalue weighted by Crippen LogP contribution is -2.31. The van der Waals surface area contributed by atoms with Crippen molar-refractivity contribution in [3.8, 4) is 0 Å². The Balaban J connectivity index is 1.92. The number of carbonyl (C=O) groups is 1. The molecular weight excluding hydrogens is 278 g/mol. The van der Waals surface area contributed by atoms with Crippen molar-refractivity contribution in [2.75, 3.05) is 11.4 Å². The van der Waals surface area contributed by atoms with Crippen LogP contribution in [-0.2, 0) is 13.0 Å². The molecular formula is C14H12ClN3O2. The van der Waals surface area contributed by atoms with Crippen LogP contribution < -0.4 is 4.90 Å². The largest absolute Gasteiger partial charge is 0.478 e. The third-order valence-corrected chi connectivity index (χ3v) is 3.70. The fourth-order valence-electron chi connectivity index (χ4n) is 2.36. The van der Waals surface area contributed by atoms with Gasteiger partial charge in [-0.3, -0.25) is 0 Å². The molecule has 1 aliphatic rings. The Labute approximate surface area is 120 Å². The van der Waals surface area contributed by atoms with E-state index in [9.17, 15) is 4.79 Å². The van der Waals surface area contributed by atoms with E-state index < -0.39 is 5.97 Å². The maximum absolute atomic E-state index is 11.1. The number of carboxylic acids is 1. The Kier molecular flexibility index (Phi) is 3.28. The molecule has 1 aromatic carbocycles. The molecule has 0 aliphatic carbocycles. The lowest BCUT2D eigenvalue weighted by molar-refractivity contribution is 0.0696. The molecule has 0 fully saturated rings. The van der Waals surface area contributed by atoms with Crippen LogP contribution in [0.5, 0.6) is 0 Å². The first-order valence-electron chi connectivity index (χ1n) is 6.23. The summed E-state index contributed by atoms with van der Waals surface area (Å²) in [5.41, 5.74) is 2.53. The van der Waals surface area contributed by atoms with E-state index in [-0.39, 0.29) is 10.7 Å². The first kappa shape index (κ1) is 12.9. The summed E-state index contributed by atoms with van der Waals surface area (Å²) < 4.78 is 0. The number of carboxylic acid groups (broad SMARTS) is 1. The van der Waals surface area contributed by atoms with Gasteiger partial charge in [-0.25, -0.2) is 4.79 Å². The topological polar surface area (TPSA) is 66.3 Å². The molecule has 0 unspecified atom stereocenters. The van der Waals surface area contributed by atoms with E-state index >= 15 is 0 Å². The number of aromatic nitrogens is 2. The second-order valence-corrected chi connectivity index (χ2v) is 5.01. The van der Waals surface area contributed by atoms with Crippen molar-refractivity contribution in [1.82, 2.24) is 10.2 Å². The van der Waals surface area contributed by atoms with Crippen LogP contribution in [0.1, 0.15) is 21.5 Å². The van der Waals surface area contributed by atoms with Gasteiger partial charge in [-0.15, -0.1) is 10.2 Å². The smallest absolute Gasteiger partial charge is 0.339 e. The maximum atomic E-state index is 11.1. The number of halogens is 1. The quantitative estimate of drug-likeness (QED) is 0.919. The molecule has 0 bridgehead atoms. The number of nitrogens with zero attached hydrogens (tertiary/aromatic N) is 3. The van der Waals surface area contributed by atoms with Crippen LogP contribution in [0, 0.1) is 0 Å². The Morgan fingerprint density at radius 2 is 2.00 bits per heavy atom. The molecule has 0 saturated heterocycles. The highest BCUT2D eigenvalue weighted by molar-refractivity contribution is 6.32. The zero-order chi connectivity index (χ0) is 14.1. The van der Waals surface area contributed by atoms with Crippen molar-refractivity contribution in [1.29, 1.82) is 0 Å². The highest BCUT2D eigenvalue weighted by atomic mass is 35.5. The van der Waals surface area contributed by atoms with Gasteiger partial charge in [-0.2, -0.15) is 0 Å². The molecule has 0 spiro atoms. The molecule has 102 valence electrons. The summed E-state index contributed by atoms with van der Waals surface area (Å²) in [5, 5.41) is 16.7. The minimum Gasteiger partial charge on any atom is -0.478 e. The summed E-state index contributed by atoms with van der Waals surface area (Å²) in [6, 6.07) is 9.69. The molecule has 3 rings (SSSR count). The fourth-order valence-corrected chi connectivity index (χ4v) is 2.54. The van der Waals surface area contributed by atoms with E-state index in [4.69, 9.17) is 16.7 Å². The van der Waals surface area contributed by atoms with Crippen molar-refractivity contribution in [3.05, 3.63) is 52.2 Å². The molecule has 1 aromatic heterocycles. The number of aromatic carboxylic acids is 1. The van der Waals surface area contributed by atoms with Crippen LogP contribution in [-0.4, -0.2) is 27.8 Å². The van der Waals surface area contributed by atoms with E-state index in [1.165, 1.54) is 17.2 Å². The Hall–Kier alpha value is -2.14. The van der Waals surface area contributed by atoms with Gasteiger partial charge < -0.3 is 10.0 Å². The number of fused-ring (bicyclic) bond motifs is 1.